The topological polar surface area (TPSA) is 49.3 Å². The second-order valence-corrected chi connectivity index (χ2v) is 3.45. The van der Waals surface area contributed by atoms with Gasteiger partial charge in [-0.3, -0.25) is 10.1 Å². The van der Waals surface area contributed by atoms with Crippen LogP contribution in [0.4, 0.5) is 0 Å². The van der Waals surface area contributed by atoms with Crippen LogP contribution in [-0.4, -0.2) is 23.2 Å². The fourth-order valence-corrected chi connectivity index (χ4v) is 1.15. The number of nitrogens with one attached hydrogen (secondary N) is 1. The number of aliphatic hydroxyl groups excluding tert-OH is 1. The largest absolute Gasteiger partial charge is 0.371 e. The average Bonchev–Trinajstić information content (AvgIpc) is 2.17. The number of carbonyl (C=O) groups excluding carboxylic acids is 1. The number of rotatable bonds is 4. The zero-order valence-electron chi connectivity index (χ0n) is 8.81. The first-order valence-electron chi connectivity index (χ1n) is 4.64. The molecule has 0 radical (unpaired) electrons. The van der Waals surface area contributed by atoms with Crippen LogP contribution in [0.25, 0.3) is 0 Å². The molecule has 0 amide bonds. The highest BCUT2D eigenvalue weighted by atomic mass is 35.5. The molecule has 3 nitrogen and oxygen atoms in total. The van der Waals surface area contributed by atoms with Crippen LogP contribution in [0.3, 0.4) is 0 Å². The first-order chi connectivity index (χ1) is 6.61. The monoisotopic (exact) mass is 229 g/mol. The molecule has 0 bridgehead atoms. The zero-order valence-corrected chi connectivity index (χ0v) is 9.62. The molecule has 0 aromatic heterocycles. The minimum Gasteiger partial charge on any atom is -0.371 e. The lowest BCUT2D eigenvalue weighted by atomic mass is 10.1. The molecule has 0 spiro atoms. The molecule has 15 heavy (non-hydrogen) atoms. The highest BCUT2D eigenvalue weighted by Gasteiger charge is 2.16. The van der Waals surface area contributed by atoms with Crippen LogP contribution in [0.1, 0.15) is 24.2 Å². The Hall–Kier alpha value is -0.900. The van der Waals surface area contributed by atoms with Crippen LogP contribution in [0.5, 0.6) is 0 Å². The van der Waals surface area contributed by atoms with E-state index in [1.54, 1.807) is 24.3 Å². The number of halogens is 1. The summed E-state index contributed by atoms with van der Waals surface area (Å²) in [6.45, 7) is 3.75. The highest BCUT2D eigenvalue weighted by Crippen LogP contribution is 2.02. The predicted molar refractivity (Wildman–Crippen MR) is 62.3 cm³/mol. The van der Waals surface area contributed by atoms with E-state index in [0.29, 0.717) is 5.56 Å². The molecule has 2 N–H and O–H groups in total. The van der Waals surface area contributed by atoms with Crippen molar-refractivity contribution in [1.82, 2.24) is 5.32 Å². The normalized spacial score (nSPS) is 12.0. The minimum absolute atomic E-state index is 0. The van der Waals surface area contributed by atoms with Crippen LogP contribution in [0, 0.1) is 0 Å². The van der Waals surface area contributed by atoms with Gasteiger partial charge in [-0.1, -0.05) is 30.3 Å². The fourth-order valence-electron chi connectivity index (χ4n) is 1.15. The van der Waals surface area contributed by atoms with E-state index in [-0.39, 0.29) is 24.2 Å². The van der Waals surface area contributed by atoms with Gasteiger partial charge in [0.25, 0.3) is 0 Å². The van der Waals surface area contributed by atoms with Crippen molar-refractivity contribution >= 4 is 18.2 Å². The van der Waals surface area contributed by atoms with E-state index >= 15 is 0 Å². The van der Waals surface area contributed by atoms with Gasteiger partial charge in [-0.25, -0.2) is 0 Å². The molecule has 0 fully saturated rings. The van der Waals surface area contributed by atoms with Gasteiger partial charge < -0.3 is 5.11 Å². The molecule has 0 aliphatic heterocycles. The molecule has 84 valence electrons. The van der Waals surface area contributed by atoms with Crippen LogP contribution in [-0.2, 0) is 0 Å². The van der Waals surface area contributed by atoms with Crippen molar-refractivity contribution in [3.63, 3.8) is 0 Å². The van der Waals surface area contributed by atoms with E-state index in [0.717, 1.165) is 0 Å². The second kappa shape index (κ2) is 6.56. The molecule has 1 aromatic carbocycles. The van der Waals surface area contributed by atoms with Gasteiger partial charge in [-0.2, -0.15) is 0 Å². The van der Waals surface area contributed by atoms with Crippen molar-refractivity contribution in [2.24, 2.45) is 0 Å². The van der Waals surface area contributed by atoms with E-state index < -0.39 is 6.23 Å². The molecule has 0 aliphatic carbocycles. The van der Waals surface area contributed by atoms with E-state index in [1.807, 2.05) is 19.9 Å². The van der Waals surface area contributed by atoms with Gasteiger partial charge in [-0.05, 0) is 13.8 Å². The smallest absolute Gasteiger partial charge is 0.206 e. The van der Waals surface area contributed by atoms with Crippen molar-refractivity contribution in [3.05, 3.63) is 35.9 Å². The summed E-state index contributed by atoms with van der Waals surface area (Å²) in [5.74, 6) is -0.292. The Morgan fingerprint density at radius 2 is 1.80 bits per heavy atom. The second-order valence-electron chi connectivity index (χ2n) is 3.45. The molecule has 0 heterocycles. The van der Waals surface area contributed by atoms with E-state index in [9.17, 15) is 9.90 Å². The summed E-state index contributed by atoms with van der Waals surface area (Å²) < 4.78 is 0. The number of Topliss-reactive ketones (excluding diaryl/α,β-unsaturated/α-hetero) is 1. The van der Waals surface area contributed by atoms with E-state index in [2.05, 4.69) is 5.32 Å². The van der Waals surface area contributed by atoms with Gasteiger partial charge in [0.15, 0.2) is 6.23 Å². The Morgan fingerprint density at radius 3 is 2.27 bits per heavy atom. The summed E-state index contributed by atoms with van der Waals surface area (Å²) in [4.78, 5) is 11.6. The lowest BCUT2D eigenvalue weighted by molar-refractivity contribution is 0.0652. The molecule has 0 saturated heterocycles. The number of hydrogen-bond donors (Lipinski definition) is 2. The first-order valence-corrected chi connectivity index (χ1v) is 4.64. The molecular weight excluding hydrogens is 214 g/mol. The molecule has 1 aromatic rings. The van der Waals surface area contributed by atoms with E-state index in [1.165, 1.54) is 0 Å². The van der Waals surface area contributed by atoms with Gasteiger partial charge in [0.1, 0.15) is 0 Å². The lowest BCUT2D eigenvalue weighted by Gasteiger charge is -2.14. The van der Waals surface area contributed by atoms with Gasteiger partial charge in [0, 0.05) is 11.6 Å². The summed E-state index contributed by atoms with van der Waals surface area (Å²) in [6.07, 6.45) is -1.11. The summed E-state index contributed by atoms with van der Waals surface area (Å²) in [5, 5.41) is 12.2. The van der Waals surface area contributed by atoms with Gasteiger partial charge in [-0.15, -0.1) is 12.4 Å². The lowest BCUT2D eigenvalue weighted by Crippen LogP contribution is -2.40. The summed E-state index contributed by atoms with van der Waals surface area (Å²) in [7, 11) is 0. The maximum absolute atomic E-state index is 11.6. The molecule has 1 rings (SSSR count). The number of aliphatic hydroxyl groups is 1. The van der Waals surface area contributed by atoms with Gasteiger partial charge >= 0.3 is 0 Å². The predicted octanol–water partition coefficient (Wildman–Crippen LogP) is 1.61. The molecular formula is C11H16ClNO2. The summed E-state index contributed by atoms with van der Waals surface area (Å²) in [5.41, 5.74) is 0.521. The fraction of sp³-hybridized carbons (Fsp3) is 0.364. The van der Waals surface area contributed by atoms with Crippen molar-refractivity contribution < 1.29 is 9.90 Å². The van der Waals surface area contributed by atoms with Gasteiger partial charge in [0.05, 0.1) is 0 Å². The van der Waals surface area contributed by atoms with Crippen molar-refractivity contribution in [1.29, 1.82) is 0 Å². The summed E-state index contributed by atoms with van der Waals surface area (Å²) in [6, 6.07) is 8.84. The standard InChI is InChI=1S/C11H15NO2.ClH/c1-8(2)12-11(14)10(13)9-6-4-3-5-7-9;/h3-8,11-12,14H,1-2H3;1H. The maximum atomic E-state index is 11.6. The zero-order chi connectivity index (χ0) is 10.6. The Kier molecular flexibility index (Phi) is 6.17. The molecule has 0 saturated carbocycles. The number of ketones is 1. The number of hydrogen-bond acceptors (Lipinski definition) is 3. The van der Waals surface area contributed by atoms with Crippen LogP contribution in [0.2, 0.25) is 0 Å². The minimum atomic E-state index is -1.11. The van der Waals surface area contributed by atoms with Crippen LogP contribution < -0.4 is 5.32 Å². The van der Waals surface area contributed by atoms with Crippen molar-refractivity contribution in [2.75, 3.05) is 0 Å². The Labute approximate surface area is 95.9 Å². The molecule has 4 heteroatoms. The Bertz CT molecular complexity index is 301. The third-order valence-electron chi connectivity index (χ3n) is 1.80. The van der Waals surface area contributed by atoms with Crippen LogP contribution in [0.15, 0.2) is 30.3 Å². The quantitative estimate of drug-likeness (QED) is 0.609. The Balaban J connectivity index is 0.00000196. The Morgan fingerprint density at radius 1 is 1.27 bits per heavy atom. The molecule has 0 aliphatic rings. The first kappa shape index (κ1) is 14.1. The molecule has 1 atom stereocenters. The third kappa shape index (κ3) is 4.42. The summed E-state index contributed by atoms with van der Waals surface area (Å²) >= 11 is 0. The van der Waals surface area contributed by atoms with Gasteiger partial charge in [0.2, 0.25) is 5.78 Å². The van der Waals surface area contributed by atoms with Crippen molar-refractivity contribution in [2.45, 2.75) is 26.1 Å². The average molecular weight is 230 g/mol. The van der Waals surface area contributed by atoms with Crippen molar-refractivity contribution in [3.8, 4) is 0 Å². The highest BCUT2D eigenvalue weighted by molar-refractivity contribution is 5.98. The SMILES string of the molecule is CC(C)NC(O)C(=O)c1ccccc1.Cl. The maximum Gasteiger partial charge on any atom is 0.206 e. The van der Waals surface area contributed by atoms with Crippen LogP contribution >= 0.6 is 12.4 Å². The number of benzene rings is 1. The van der Waals surface area contributed by atoms with E-state index in [4.69, 9.17) is 0 Å². The number of carbonyl (C=O) groups is 1. The third-order valence-corrected chi connectivity index (χ3v) is 1.80. The molecule has 1 unspecified atom stereocenters.